The average molecular weight is 497 g/mol. The average Bonchev–Trinajstić information content (AvgIpc) is 3.03. The van der Waals surface area contributed by atoms with Gasteiger partial charge in [0.05, 0.1) is 12.6 Å². The minimum atomic E-state index is -1.28. The number of nitrogens with zero attached hydrogens (tertiary/aromatic N) is 1. The maximum Gasteiger partial charge on any atom is 0.411 e. The zero-order valence-electron chi connectivity index (χ0n) is 22.3. The van der Waals surface area contributed by atoms with E-state index in [-0.39, 0.29) is 13.0 Å². The maximum absolute atomic E-state index is 13.4. The van der Waals surface area contributed by atoms with Crippen molar-refractivity contribution in [3.8, 4) is 0 Å². The van der Waals surface area contributed by atoms with Crippen LogP contribution >= 0.6 is 0 Å². The molecule has 35 heavy (non-hydrogen) atoms. The third kappa shape index (κ3) is 9.33. The first-order chi connectivity index (χ1) is 16.0. The fourth-order valence-corrected chi connectivity index (χ4v) is 3.95. The topological polar surface area (TPSA) is 128 Å². The number of allylic oxidation sites excluding steroid dienone is 1. The first-order valence-electron chi connectivity index (χ1n) is 11.8. The summed E-state index contributed by atoms with van der Waals surface area (Å²) >= 11 is 0. The minimum Gasteiger partial charge on any atom is -0.466 e. The maximum atomic E-state index is 13.4. The number of esters is 2. The summed E-state index contributed by atoms with van der Waals surface area (Å²) in [6, 6.07) is -3.34. The predicted octanol–water partition coefficient (Wildman–Crippen LogP) is 2.93. The van der Waals surface area contributed by atoms with E-state index in [1.54, 1.807) is 67.5 Å². The van der Waals surface area contributed by atoms with Crippen molar-refractivity contribution >= 4 is 29.7 Å². The smallest absolute Gasteiger partial charge is 0.411 e. The van der Waals surface area contributed by atoms with Crippen LogP contribution in [-0.4, -0.2) is 70.6 Å². The Bertz CT molecular complexity index is 837. The number of nitrogens with one attached hydrogen (secondary N) is 1. The van der Waals surface area contributed by atoms with Crippen molar-refractivity contribution in [1.82, 2.24) is 10.2 Å². The molecule has 0 unspecified atom stereocenters. The molecule has 0 aliphatic carbocycles. The van der Waals surface area contributed by atoms with E-state index in [0.29, 0.717) is 0 Å². The molecule has 0 radical (unpaired) electrons. The van der Waals surface area contributed by atoms with E-state index in [2.05, 4.69) is 5.32 Å². The Morgan fingerprint density at radius 1 is 1.03 bits per heavy atom. The lowest BCUT2D eigenvalue weighted by molar-refractivity contribution is -0.161. The van der Waals surface area contributed by atoms with Crippen molar-refractivity contribution in [2.24, 2.45) is 5.92 Å². The van der Waals surface area contributed by atoms with Crippen molar-refractivity contribution in [2.45, 2.75) is 104 Å². The number of ketones is 1. The summed E-state index contributed by atoms with van der Waals surface area (Å²) in [5.74, 6) is -3.08. The fourth-order valence-electron chi connectivity index (χ4n) is 3.95. The number of amides is 2. The largest absolute Gasteiger partial charge is 0.466 e. The molecule has 1 aliphatic heterocycles. The van der Waals surface area contributed by atoms with Crippen LogP contribution in [0.1, 0.15) is 75.2 Å². The highest BCUT2D eigenvalue weighted by Crippen LogP contribution is 2.36. The molecular formula is C25H40N2O8. The highest BCUT2D eigenvalue weighted by atomic mass is 16.6. The summed E-state index contributed by atoms with van der Waals surface area (Å²) in [6.07, 6.45) is 2.22. The summed E-state index contributed by atoms with van der Waals surface area (Å²) < 4.78 is 16.0. The van der Waals surface area contributed by atoms with Crippen molar-refractivity contribution in [1.29, 1.82) is 0 Å². The molecule has 10 heteroatoms. The molecule has 0 aromatic carbocycles. The molecule has 4 atom stereocenters. The molecule has 0 aromatic heterocycles. The number of hydrogen-bond donors (Lipinski definition) is 1. The van der Waals surface area contributed by atoms with Gasteiger partial charge in [-0.25, -0.2) is 9.59 Å². The van der Waals surface area contributed by atoms with Gasteiger partial charge in [-0.15, -0.1) is 0 Å². The molecule has 1 saturated heterocycles. The Hall–Kier alpha value is -2.91. The molecule has 1 N–H and O–H groups in total. The van der Waals surface area contributed by atoms with Gasteiger partial charge in [0.1, 0.15) is 29.7 Å². The summed E-state index contributed by atoms with van der Waals surface area (Å²) in [7, 11) is 0. The number of hydrogen-bond acceptors (Lipinski definition) is 8. The number of ether oxygens (including phenoxy) is 3. The van der Waals surface area contributed by atoms with Gasteiger partial charge in [0.25, 0.3) is 0 Å². The van der Waals surface area contributed by atoms with Crippen LogP contribution in [0.2, 0.25) is 0 Å². The van der Waals surface area contributed by atoms with Crippen LogP contribution < -0.4 is 5.32 Å². The highest BCUT2D eigenvalue weighted by molar-refractivity contribution is 6.01. The van der Waals surface area contributed by atoms with Gasteiger partial charge in [-0.1, -0.05) is 12.2 Å². The van der Waals surface area contributed by atoms with Crippen LogP contribution in [0, 0.1) is 5.92 Å². The quantitative estimate of drug-likeness (QED) is 0.235. The third-order valence-electron chi connectivity index (χ3n) is 4.98. The van der Waals surface area contributed by atoms with Crippen molar-refractivity contribution < 1.29 is 38.2 Å². The molecule has 198 valence electrons. The van der Waals surface area contributed by atoms with E-state index in [4.69, 9.17) is 14.2 Å². The summed E-state index contributed by atoms with van der Waals surface area (Å²) in [5, 5.41) is 2.58. The molecule has 0 bridgehead atoms. The Labute approximate surface area is 207 Å². The van der Waals surface area contributed by atoms with Crippen molar-refractivity contribution in [3.05, 3.63) is 12.2 Å². The highest BCUT2D eigenvalue weighted by Gasteiger charge is 2.53. The third-order valence-corrected chi connectivity index (χ3v) is 4.98. The van der Waals surface area contributed by atoms with E-state index >= 15 is 0 Å². The van der Waals surface area contributed by atoms with Crippen LogP contribution in [-0.2, 0) is 33.4 Å². The molecular weight excluding hydrogens is 456 g/mol. The first kappa shape index (κ1) is 30.1. The van der Waals surface area contributed by atoms with Gasteiger partial charge in [0.2, 0.25) is 5.91 Å². The van der Waals surface area contributed by atoms with Gasteiger partial charge in [-0.05, 0) is 61.8 Å². The molecule has 0 aromatic rings. The second-order valence-corrected chi connectivity index (χ2v) is 10.5. The molecule has 1 rings (SSSR count). The van der Waals surface area contributed by atoms with E-state index in [1.807, 2.05) is 0 Å². The van der Waals surface area contributed by atoms with E-state index < -0.39 is 71.4 Å². The summed E-state index contributed by atoms with van der Waals surface area (Å²) in [5.41, 5.74) is -1.71. The molecule has 0 saturated carbocycles. The van der Waals surface area contributed by atoms with Gasteiger partial charge in [0, 0.05) is 12.8 Å². The Morgan fingerprint density at radius 2 is 1.60 bits per heavy atom. The van der Waals surface area contributed by atoms with Crippen LogP contribution in [0.25, 0.3) is 0 Å². The Kier molecular flexibility index (Phi) is 10.5. The molecule has 10 nitrogen and oxygen atoms in total. The molecule has 1 aliphatic rings. The SMILES string of the molecule is C/C=C\[C@@H]1C[C@H](C(=O)OC(C)(C)C)N(C(=O)OC(C)(C)C)[C@H]1[C@@H](NC(C)=O)C(=O)CC(=O)OCC. The first-order valence-corrected chi connectivity index (χ1v) is 11.8. The second kappa shape index (κ2) is 12.2. The van der Waals surface area contributed by atoms with Crippen LogP contribution in [0.5, 0.6) is 0 Å². The van der Waals surface area contributed by atoms with Crippen molar-refractivity contribution in [3.63, 3.8) is 0 Å². The van der Waals surface area contributed by atoms with Gasteiger partial charge < -0.3 is 19.5 Å². The molecule has 1 heterocycles. The van der Waals surface area contributed by atoms with Crippen LogP contribution in [0.3, 0.4) is 0 Å². The standard InChI is InChI=1S/C25H40N2O8/c1-10-12-16-13-17(22(31)34-24(4,5)6)27(23(32)35-25(7,8)9)21(16)20(26-15(3)28)18(29)14-19(30)33-11-2/h10,12,16-17,20-21H,11,13-14H2,1-9H3,(H,26,28)/b12-10-/t16-,17-,20+,21-/m1/s1. The molecule has 0 spiro atoms. The number of carbonyl (C=O) groups is 5. The van der Waals surface area contributed by atoms with E-state index in [9.17, 15) is 24.0 Å². The van der Waals surface area contributed by atoms with Gasteiger partial charge in [-0.2, -0.15) is 0 Å². The van der Waals surface area contributed by atoms with E-state index in [1.165, 1.54) is 11.8 Å². The fraction of sp³-hybridized carbons (Fsp3) is 0.720. The van der Waals surface area contributed by atoms with Gasteiger partial charge in [-0.3, -0.25) is 19.3 Å². The van der Waals surface area contributed by atoms with E-state index in [0.717, 1.165) is 0 Å². The van der Waals surface area contributed by atoms with Gasteiger partial charge >= 0.3 is 18.0 Å². The zero-order valence-corrected chi connectivity index (χ0v) is 22.3. The molecule has 2 amide bonds. The Morgan fingerprint density at radius 3 is 2.06 bits per heavy atom. The number of carbonyl (C=O) groups excluding carboxylic acids is 5. The minimum absolute atomic E-state index is 0.0896. The lowest BCUT2D eigenvalue weighted by Crippen LogP contribution is -2.59. The summed E-state index contributed by atoms with van der Waals surface area (Å²) in [6.45, 7) is 14.9. The van der Waals surface area contributed by atoms with Crippen LogP contribution in [0.4, 0.5) is 4.79 Å². The van der Waals surface area contributed by atoms with Gasteiger partial charge in [0.15, 0.2) is 5.78 Å². The Balaban J connectivity index is 3.60. The van der Waals surface area contributed by atoms with Crippen LogP contribution in [0.15, 0.2) is 12.2 Å². The summed E-state index contributed by atoms with van der Waals surface area (Å²) in [4.78, 5) is 65.1. The predicted molar refractivity (Wildman–Crippen MR) is 128 cm³/mol. The number of rotatable bonds is 8. The number of Topliss-reactive ketones (excluding diaryl/α,β-unsaturated/α-hetero) is 1. The van der Waals surface area contributed by atoms with Crippen molar-refractivity contribution in [2.75, 3.05) is 6.61 Å². The monoisotopic (exact) mass is 496 g/mol. The molecule has 1 fully saturated rings. The zero-order chi connectivity index (χ0) is 27.1. The lowest BCUT2D eigenvalue weighted by Gasteiger charge is -2.36. The lowest BCUT2D eigenvalue weighted by atomic mass is 9.89. The number of likely N-dealkylation sites (tertiary alicyclic amines) is 1. The normalized spacial score (nSPS) is 21.4. The second-order valence-electron chi connectivity index (χ2n) is 10.5.